The van der Waals surface area contributed by atoms with Crippen LogP contribution in [0, 0.1) is 0 Å². The summed E-state index contributed by atoms with van der Waals surface area (Å²) in [5.41, 5.74) is 2.21. The molecule has 1 aromatic carbocycles. The Labute approximate surface area is 76.6 Å². The highest BCUT2D eigenvalue weighted by molar-refractivity contribution is 5.54. The summed E-state index contributed by atoms with van der Waals surface area (Å²) in [5.74, 6) is 0.349. The van der Waals surface area contributed by atoms with Crippen LogP contribution in [0.25, 0.3) is 0 Å². The zero-order valence-corrected chi connectivity index (χ0v) is 7.30. The number of nitrogens with one attached hydrogen (secondary N) is 1. The molecule has 0 radical (unpaired) electrons. The second-order valence-electron chi connectivity index (χ2n) is 3.20. The van der Waals surface area contributed by atoms with E-state index in [9.17, 15) is 0 Å². The molecule has 1 aliphatic rings. The number of para-hydroxylation sites is 1. The molecule has 64 valence electrons. The zero-order valence-electron chi connectivity index (χ0n) is 9.30. The Kier molecular flexibility index (Phi) is 1.49. The Hall–Kier alpha value is -0.980. The number of fused-ring (bicyclic) bond motifs is 1. The second-order valence-corrected chi connectivity index (χ2v) is 3.20. The molecule has 0 saturated carbocycles. The van der Waals surface area contributed by atoms with Crippen LogP contribution in [0.5, 0.6) is 0 Å². The molecule has 0 amide bonds. The first kappa shape index (κ1) is 5.63. The van der Waals surface area contributed by atoms with Crippen LogP contribution >= 0.6 is 0 Å². The molecule has 1 atom stereocenters. The van der Waals surface area contributed by atoms with Gasteiger partial charge in [0.1, 0.15) is 0 Å². The summed E-state index contributed by atoms with van der Waals surface area (Å²) in [5, 5.41) is 2.93. The molecule has 1 nitrogen and oxygen atoms in total. The summed E-state index contributed by atoms with van der Waals surface area (Å²) in [4.78, 5) is 0. The Morgan fingerprint density at radius 3 is 3.25 bits per heavy atom. The highest BCUT2D eigenvalue weighted by atomic mass is 14.9. The first-order valence-electron chi connectivity index (χ1n) is 5.49. The maximum Gasteiger partial charge on any atom is 0.0490 e. The van der Waals surface area contributed by atoms with Gasteiger partial charge in [-0.15, -0.1) is 0 Å². The van der Waals surface area contributed by atoms with Crippen molar-refractivity contribution in [2.24, 2.45) is 0 Å². The molecule has 0 aliphatic carbocycles. The first-order chi connectivity index (χ1) is 6.62. The summed E-state index contributed by atoms with van der Waals surface area (Å²) < 4.78 is 15.5. The van der Waals surface area contributed by atoms with Crippen molar-refractivity contribution in [2.45, 2.75) is 25.7 Å². The van der Waals surface area contributed by atoms with E-state index < -0.39 is 6.50 Å². The van der Waals surface area contributed by atoms with Gasteiger partial charge in [-0.3, -0.25) is 0 Å². The number of hydrogen-bond acceptors (Lipinski definition) is 1. The molecule has 1 unspecified atom stereocenters. The largest absolute Gasteiger partial charge is 0.385 e. The molecule has 2 rings (SSSR count). The van der Waals surface area contributed by atoms with Gasteiger partial charge in [-0.25, -0.2) is 0 Å². The number of benzene rings is 1. The number of hydrogen-bond donors (Lipinski definition) is 1. The maximum atomic E-state index is 7.75. The minimum Gasteiger partial charge on any atom is -0.385 e. The fourth-order valence-electron chi connectivity index (χ4n) is 1.71. The van der Waals surface area contributed by atoms with Gasteiger partial charge in [-0.1, -0.05) is 25.1 Å². The third-order valence-corrected chi connectivity index (χ3v) is 2.46. The third kappa shape index (κ3) is 1.20. The normalized spacial score (nSPS) is 27.9. The summed E-state index contributed by atoms with van der Waals surface area (Å²) in [6.07, 6.45) is 1.57. The fourth-order valence-corrected chi connectivity index (χ4v) is 1.71. The Morgan fingerprint density at radius 1 is 1.58 bits per heavy atom. The molecular formula is C11H15N. The molecule has 1 aliphatic heterocycles. The minimum absolute atomic E-state index is 0.349. The minimum atomic E-state index is -1.25. The van der Waals surface area contributed by atoms with Crippen LogP contribution in [-0.2, 0) is 0 Å². The van der Waals surface area contributed by atoms with E-state index in [1.165, 1.54) is 5.56 Å². The van der Waals surface area contributed by atoms with Gasteiger partial charge in [-0.05, 0) is 30.4 Å². The van der Waals surface area contributed by atoms with Crippen molar-refractivity contribution in [2.75, 3.05) is 11.8 Å². The van der Waals surface area contributed by atoms with Crippen molar-refractivity contribution in [1.82, 2.24) is 0 Å². The third-order valence-electron chi connectivity index (χ3n) is 2.46. The Bertz CT molecular complexity index is 336. The van der Waals surface area contributed by atoms with E-state index in [4.69, 9.17) is 2.74 Å². The standard InChI is InChI=1S/C11H15N/c1-2-9-7-8-12-11-6-4-3-5-10(9)11/h3-6,9,12H,2,7-8H2,1H3/i8D2. The summed E-state index contributed by atoms with van der Waals surface area (Å²) in [6.45, 7) is 0.859. The lowest BCUT2D eigenvalue weighted by Gasteiger charge is -2.25. The molecule has 0 spiro atoms. The predicted octanol–water partition coefficient (Wildman–Crippen LogP) is 3.00. The maximum absolute atomic E-state index is 7.75. The quantitative estimate of drug-likeness (QED) is 0.671. The molecule has 1 heterocycles. The van der Waals surface area contributed by atoms with Crippen LogP contribution in [-0.4, -0.2) is 6.50 Å². The average Bonchev–Trinajstić information content (AvgIpc) is 2.15. The van der Waals surface area contributed by atoms with Crippen LogP contribution in [0.2, 0.25) is 0 Å². The van der Waals surface area contributed by atoms with Crippen molar-refractivity contribution in [3.8, 4) is 0 Å². The van der Waals surface area contributed by atoms with Crippen LogP contribution in [0.1, 0.15) is 34.0 Å². The lowest BCUT2D eigenvalue weighted by Crippen LogP contribution is -2.15. The van der Waals surface area contributed by atoms with Gasteiger partial charge in [0.2, 0.25) is 0 Å². The van der Waals surface area contributed by atoms with E-state index in [1.54, 1.807) is 0 Å². The average molecular weight is 163 g/mol. The van der Waals surface area contributed by atoms with Crippen molar-refractivity contribution < 1.29 is 2.74 Å². The van der Waals surface area contributed by atoms with Crippen LogP contribution in [0.4, 0.5) is 5.69 Å². The van der Waals surface area contributed by atoms with Crippen molar-refractivity contribution in [3.05, 3.63) is 29.8 Å². The number of anilines is 1. The molecule has 1 aromatic rings. The van der Waals surface area contributed by atoms with Crippen molar-refractivity contribution >= 4 is 5.69 Å². The van der Waals surface area contributed by atoms with Crippen LogP contribution < -0.4 is 5.32 Å². The number of rotatable bonds is 1. The van der Waals surface area contributed by atoms with Gasteiger partial charge in [0.25, 0.3) is 0 Å². The van der Waals surface area contributed by atoms with Gasteiger partial charge in [-0.2, -0.15) is 0 Å². The summed E-state index contributed by atoms with van der Waals surface area (Å²) in [7, 11) is 0. The predicted molar refractivity (Wildman–Crippen MR) is 52.6 cm³/mol. The van der Waals surface area contributed by atoms with Gasteiger partial charge < -0.3 is 5.32 Å². The molecular weight excluding hydrogens is 146 g/mol. The zero-order chi connectivity index (χ0) is 10.2. The van der Waals surface area contributed by atoms with Crippen molar-refractivity contribution in [1.29, 1.82) is 0 Å². The molecule has 1 N–H and O–H groups in total. The topological polar surface area (TPSA) is 12.0 Å². The van der Waals surface area contributed by atoms with Gasteiger partial charge >= 0.3 is 0 Å². The van der Waals surface area contributed by atoms with Gasteiger partial charge in [0, 0.05) is 14.9 Å². The lowest BCUT2D eigenvalue weighted by molar-refractivity contribution is 0.608. The Balaban J connectivity index is 2.41. The van der Waals surface area contributed by atoms with Crippen LogP contribution in [0.15, 0.2) is 24.3 Å². The van der Waals surface area contributed by atoms with Gasteiger partial charge in [0.05, 0.1) is 0 Å². The molecule has 0 aromatic heterocycles. The highest BCUT2D eigenvalue weighted by Gasteiger charge is 2.16. The molecule has 1 heteroatoms. The van der Waals surface area contributed by atoms with E-state index in [-0.39, 0.29) is 0 Å². The van der Waals surface area contributed by atoms with Gasteiger partial charge in [0.15, 0.2) is 0 Å². The fraction of sp³-hybridized carbons (Fsp3) is 0.455. The van der Waals surface area contributed by atoms with Crippen molar-refractivity contribution in [3.63, 3.8) is 0 Å². The second kappa shape index (κ2) is 3.18. The molecule has 12 heavy (non-hydrogen) atoms. The van der Waals surface area contributed by atoms with Crippen LogP contribution in [0.3, 0.4) is 0 Å². The lowest BCUT2D eigenvalue weighted by atomic mass is 9.89. The highest BCUT2D eigenvalue weighted by Crippen LogP contribution is 2.32. The molecule has 0 fully saturated rings. The van der Waals surface area contributed by atoms with E-state index >= 15 is 0 Å². The summed E-state index contributed by atoms with van der Waals surface area (Å²) in [6, 6.07) is 8.00. The molecule has 0 saturated heterocycles. The Morgan fingerprint density at radius 2 is 2.42 bits per heavy atom. The van der Waals surface area contributed by atoms with E-state index in [0.29, 0.717) is 12.3 Å². The SMILES string of the molecule is [2H]C1([2H])CC(CC)c2ccccc2N1. The molecule has 0 bridgehead atoms. The van der Waals surface area contributed by atoms with E-state index in [0.717, 1.165) is 12.1 Å². The van der Waals surface area contributed by atoms with E-state index in [1.807, 2.05) is 18.2 Å². The van der Waals surface area contributed by atoms with E-state index in [2.05, 4.69) is 18.3 Å². The first-order valence-corrected chi connectivity index (χ1v) is 4.49. The summed E-state index contributed by atoms with van der Waals surface area (Å²) >= 11 is 0. The smallest absolute Gasteiger partial charge is 0.0490 e. The monoisotopic (exact) mass is 163 g/mol.